The summed E-state index contributed by atoms with van der Waals surface area (Å²) in [5, 5.41) is 20.6. The van der Waals surface area contributed by atoms with E-state index >= 15 is 0 Å². The molecule has 1 heterocycles. The van der Waals surface area contributed by atoms with Crippen molar-refractivity contribution in [2.75, 3.05) is 0 Å². The van der Waals surface area contributed by atoms with Crippen LogP contribution in [0, 0.1) is 0 Å². The average molecular weight is 167 g/mol. The van der Waals surface area contributed by atoms with Gasteiger partial charge in [0, 0.05) is 6.20 Å². The predicted octanol–water partition coefficient (Wildman–Crippen LogP) is -8.18. The number of aromatic nitrogens is 1. The van der Waals surface area contributed by atoms with Crippen molar-refractivity contribution in [1.29, 1.82) is 0 Å². The van der Waals surface area contributed by atoms with Gasteiger partial charge < -0.3 is 20.0 Å². The molecule has 0 aliphatic carbocycles. The number of nitrogens with one attached hydrogen (secondary N) is 1. The summed E-state index contributed by atoms with van der Waals surface area (Å²) in [5.41, 5.74) is -1.69. The average Bonchev–Trinajstić information content (AvgIpc) is 1.94. The second kappa shape index (κ2) is 5.96. The molecule has 0 fully saturated rings. The summed E-state index contributed by atoms with van der Waals surface area (Å²) in [6.07, 6.45) is 1.80. The Bertz CT molecular complexity index is 349. The number of pyridine rings is 1. The van der Waals surface area contributed by atoms with Crippen molar-refractivity contribution in [1.82, 2.24) is 4.98 Å². The first-order valence-corrected chi connectivity index (χ1v) is 2.72. The van der Waals surface area contributed by atoms with E-state index in [4.69, 9.17) is 0 Å². The zero-order valence-electron chi connectivity index (χ0n) is 7.29. The molecule has 0 amide bonds. The van der Waals surface area contributed by atoms with Gasteiger partial charge in [0.15, 0.2) is 5.43 Å². The molecule has 1 N–H and O–H groups in total. The van der Waals surface area contributed by atoms with E-state index in [9.17, 15) is 19.8 Å². The number of H-pyrrole nitrogens is 1. The zero-order valence-corrected chi connectivity index (χ0v) is 7.29. The SMILES string of the molecule is O=C([O-])c1c[nH]cc([O-])c1=O.[Li+].[Li+]. The number of aromatic carboxylic acids is 1. The summed E-state index contributed by atoms with van der Waals surface area (Å²) in [6, 6.07) is 0. The number of hydrogen-bond acceptors (Lipinski definition) is 4. The molecular formula is C6H3Li2NO4. The van der Waals surface area contributed by atoms with Crippen molar-refractivity contribution in [3.05, 3.63) is 28.2 Å². The first-order valence-electron chi connectivity index (χ1n) is 2.72. The van der Waals surface area contributed by atoms with Gasteiger partial charge in [0.25, 0.3) is 0 Å². The molecule has 0 atom stereocenters. The Kier molecular flexibility index (Phi) is 6.84. The number of carboxylic acids is 1. The Labute approximate surface area is 97.5 Å². The molecule has 5 nitrogen and oxygen atoms in total. The Morgan fingerprint density at radius 1 is 1.31 bits per heavy atom. The van der Waals surface area contributed by atoms with Crippen LogP contribution in [0.2, 0.25) is 0 Å². The molecule has 13 heavy (non-hydrogen) atoms. The Hall–Kier alpha value is -0.585. The van der Waals surface area contributed by atoms with Crippen LogP contribution < -0.4 is 53.4 Å². The predicted molar refractivity (Wildman–Crippen MR) is 30.8 cm³/mol. The molecule has 0 radical (unpaired) electrons. The van der Waals surface area contributed by atoms with Crippen LogP contribution in [0.15, 0.2) is 17.2 Å². The van der Waals surface area contributed by atoms with Crippen LogP contribution in [0.3, 0.4) is 0 Å². The van der Waals surface area contributed by atoms with E-state index in [2.05, 4.69) is 4.98 Å². The molecule has 1 rings (SSSR count). The molecule has 0 saturated heterocycles. The number of carboxylic acid groups (broad SMARTS) is 1. The smallest absolute Gasteiger partial charge is 0.869 e. The van der Waals surface area contributed by atoms with Crippen LogP contribution in [-0.2, 0) is 0 Å². The third kappa shape index (κ3) is 3.34. The van der Waals surface area contributed by atoms with E-state index in [1.165, 1.54) is 0 Å². The molecule has 0 saturated carbocycles. The van der Waals surface area contributed by atoms with E-state index in [-0.39, 0.29) is 37.7 Å². The van der Waals surface area contributed by atoms with Gasteiger partial charge in [-0.3, -0.25) is 4.79 Å². The Balaban J connectivity index is 0. The van der Waals surface area contributed by atoms with Crippen LogP contribution in [0.4, 0.5) is 0 Å². The van der Waals surface area contributed by atoms with Crippen molar-refractivity contribution in [3.63, 3.8) is 0 Å². The standard InChI is InChI=1S/C6H5NO4.2Li/c8-4-2-7-1-3(5(4)9)6(10)11;;/h1-2,8H,(H,7,9)(H,10,11);;/q;2*+1/p-2. The fourth-order valence-electron chi connectivity index (χ4n) is 0.616. The maximum atomic E-state index is 10.7. The minimum absolute atomic E-state index is 0. The minimum atomic E-state index is -1.65. The third-order valence-corrected chi connectivity index (χ3v) is 1.13. The second-order valence-electron chi connectivity index (χ2n) is 1.85. The zero-order chi connectivity index (χ0) is 8.43. The Morgan fingerprint density at radius 3 is 2.23 bits per heavy atom. The van der Waals surface area contributed by atoms with Gasteiger partial charge in [0.05, 0.1) is 11.5 Å². The summed E-state index contributed by atoms with van der Waals surface area (Å²) >= 11 is 0. The molecule has 0 spiro atoms. The number of carbonyl (C=O) groups excluding carboxylic acids is 1. The van der Waals surface area contributed by atoms with Gasteiger partial charge in [-0.1, -0.05) is 0 Å². The number of rotatable bonds is 1. The summed E-state index contributed by atoms with van der Waals surface area (Å²) < 4.78 is 0. The van der Waals surface area contributed by atoms with E-state index in [0.717, 1.165) is 12.4 Å². The quantitative estimate of drug-likeness (QED) is 0.420. The molecule has 58 valence electrons. The van der Waals surface area contributed by atoms with Gasteiger partial charge in [-0.2, -0.15) is 0 Å². The summed E-state index contributed by atoms with van der Waals surface area (Å²) in [7, 11) is 0. The molecular weight excluding hydrogens is 164 g/mol. The summed E-state index contributed by atoms with van der Waals surface area (Å²) in [5.74, 6) is -2.53. The van der Waals surface area contributed by atoms with Crippen LogP contribution in [0.25, 0.3) is 0 Å². The van der Waals surface area contributed by atoms with Crippen molar-refractivity contribution >= 4 is 5.97 Å². The first-order chi connectivity index (χ1) is 5.13. The van der Waals surface area contributed by atoms with Crippen LogP contribution in [-0.4, -0.2) is 11.0 Å². The minimum Gasteiger partial charge on any atom is -0.869 e. The van der Waals surface area contributed by atoms with Crippen LogP contribution in [0.1, 0.15) is 10.4 Å². The van der Waals surface area contributed by atoms with Gasteiger partial charge in [0.2, 0.25) is 0 Å². The third-order valence-electron chi connectivity index (χ3n) is 1.13. The molecule has 0 aliphatic rings. The normalized spacial score (nSPS) is 8.00. The fourth-order valence-corrected chi connectivity index (χ4v) is 0.616. The molecule has 0 bridgehead atoms. The van der Waals surface area contributed by atoms with Crippen molar-refractivity contribution in [2.24, 2.45) is 0 Å². The van der Waals surface area contributed by atoms with Gasteiger partial charge in [-0.25, -0.2) is 0 Å². The van der Waals surface area contributed by atoms with Crippen LogP contribution >= 0.6 is 0 Å². The molecule has 1 aromatic rings. The first kappa shape index (κ1) is 14.9. The summed E-state index contributed by atoms with van der Waals surface area (Å²) in [6.45, 7) is 0. The topological polar surface area (TPSA) is 96.0 Å². The molecule has 7 heteroatoms. The van der Waals surface area contributed by atoms with Gasteiger partial charge >= 0.3 is 37.7 Å². The number of hydrogen-bond donors (Lipinski definition) is 1. The largest absolute Gasteiger partial charge is 1.00 e. The van der Waals surface area contributed by atoms with Gasteiger partial charge in [-0.05, 0) is 11.9 Å². The van der Waals surface area contributed by atoms with Crippen molar-refractivity contribution in [2.45, 2.75) is 0 Å². The monoisotopic (exact) mass is 167 g/mol. The van der Waals surface area contributed by atoms with Gasteiger partial charge in [-0.15, -0.1) is 0 Å². The maximum absolute atomic E-state index is 10.7. The second-order valence-corrected chi connectivity index (χ2v) is 1.85. The van der Waals surface area contributed by atoms with Crippen molar-refractivity contribution < 1.29 is 52.7 Å². The molecule has 0 unspecified atom stereocenters. The fraction of sp³-hybridized carbons (Fsp3) is 0. The molecule has 1 aromatic heterocycles. The van der Waals surface area contributed by atoms with Gasteiger partial charge in [0.1, 0.15) is 0 Å². The number of carbonyl (C=O) groups is 1. The Morgan fingerprint density at radius 2 is 1.85 bits per heavy atom. The van der Waals surface area contributed by atoms with Crippen molar-refractivity contribution in [3.8, 4) is 5.75 Å². The molecule has 0 aromatic carbocycles. The van der Waals surface area contributed by atoms with E-state index < -0.39 is 22.7 Å². The molecule has 0 aliphatic heterocycles. The van der Waals surface area contributed by atoms with E-state index in [1.807, 2.05) is 0 Å². The summed E-state index contributed by atoms with van der Waals surface area (Å²) in [4.78, 5) is 23.0. The number of aromatic amines is 1. The van der Waals surface area contributed by atoms with E-state index in [0.29, 0.717) is 0 Å². The van der Waals surface area contributed by atoms with Crippen LogP contribution in [0.5, 0.6) is 5.75 Å². The maximum Gasteiger partial charge on any atom is 1.00 e. The van der Waals surface area contributed by atoms with E-state index in [1.54, 1.807) is 0 Å².